The lowest BCUT2D eigenvalue weighted by Gasteiger charge is -2.11. The van der Waals surface area contributed by atoms with Crippen LogP contribution >= 0.6 is 27.7 Å². The molecule has 0 saturated carbocycles. The summed E-state index contributed by atoms with van der Waals surface area (Å²) in [4.78, 5) is 4.18. The zero-order chi connectivity index (χ0) is 13.5. The molecule has 2 aromatic rings. The zero-order valence-corrected chi connectivity index (χ0v) is 12.6. The number of pyridine rings is 1. The third-order valence-electron chi connectivity index (χ3n) is 2.32. The fourth-order valence-corrected chi connectivity index (χ4v) is 2.42. The van der Waals surface area contributed by atoms with Crippen LogP contribution in [-0.4, -0.2) is 28.6 Å². The van der Waals surface area contributed by atoms with Crippen LogP contribution in [0.25, 0.3) is 0 Å². The molecule has 1 aromatic heterocycles. The van der Waals surface area contributed by atoms with Gasteiger partial charge < -0.3 is 9.84 Å². The highest BCUT2D eigenvalue weighted by Crippen LogP contribution is 2.18. The predicted octanol–water partition coefficient (Wildman–Crippen LogP) is 3.38. The number of aliphatic hydroxyl groups is 1. The number of benzene rings is 1. The number of nitrogens with zero attached hydrogens (tertiary/aromatic N) is 1. The van der Waals surface area contributed by atoms with E-state index in [0.717, 1.165) is 15.2 Å². The minimum Gasteiger partial charge on any atom is -0.491 e. The van der Waals surface area contributed by atoms with Crippen LogP contribution in [0.5, 0.6) is 5.75 Å². The monoisotopic (exact) mass is 339 g/mol. The second-order valence-corrected chi connectivity index (χ2v) is 5.85. The van der Waals surface area contributed by atoms with Gasteiger partial charge in [0.2, 0.25) is 0 Å². The summed E-state index contributed by atoms with van der Waals surface area (Å²) in [6.45, 7) is 0.279. The average molecular weight is 340 g/mol. The number of ether oxygens (including phenoxy) is 1. The highest BCUT2D eigenvalue weighted by atomic mass is 79.9. The topological polar surface area (TPSA) is 42.4 Å². The van der Waals surface area contributed by atoms with Gasteiger partial charge in [0.15, 0.2) is 0 Å². The highest BCUT2D eigenvalue weighted by Gasteiger charge is 2.06. The molecule has 1 aromatic carbocycles. The molecule has 1 heterocycles. The summed E-state index contributed by atoms with van der Waals surface area (Å²) in [5.74, 6) is 1.32. The molecule has 2 rings (SSSR count). The lowest BCUT2D eigenvalue weighted by molar-refractivity contribution is 0.126. The van der Waals surface area contributed by atoms with Crippen molar-refractivity contribution in [1.82, 2.24) is 4.98 Å². The minimum atomic E-state index is -0.518. The first-order chi connectivity index (χ1) is 9.24. The first-order valence-electron chi connectivity index (χ1n) is 5.84. The molecule has 5 heteroatoms. The predicted molar refractivity (Wildman–Crippen MR) is 80.6 cm³/mol. The van der Waals surface area contributed by atoms with Gasteiger partial charge in [0.05, 0.1) is 11.1 Å². The van der Waals surface area contributed by atoms with Crippen LogP contribution in [0.3, 0.4) is 0 Å². The third-order valence-corrected chi connectivity index (χ3v) is 3.93. The standard InChI is InChI=1S/C14H14BrNO2S/c15-11-4-6-13(7-5-11)18-9-12(17)10-19-14-3-1-2-8-16-14/h1-8,12,17H,9-10H2. The molecule has 0 fully saturated rings. The number of halogens is 1. The summed E-state index contributed by atoms with van der Waals surface area (Å²) in [5, 5.41) is 10.8. The Morgan fingerprint density at radius 2 is 2.00 bits per heavy atom. The maximum Gasteiger partial charge on any atom is 0.119 e. The van der Waals surface area contributed by atoms with E-state index in [-0.39, 0.29) is 6.61 Å². The number of thioether (sulfide) groups is 1. The number of hydrogen-bond acceptors (Lipinski definition) is 4. The Bertz CT molecular complexity index is 493. The molecule has 0 bridgehead atoms. The van der Waals surface area contributed by atoms with Crippen LogP contribution in [0.2, 0.25) is 0 Å². The molecule has 0 spiro atoms. The molecular weight excluding hydrogens is 326 g/mol. The van der Waals surface area contributed by atoms with Gasteiger partial charge in [-0.1, -0.05) is 22.0 Å². The lowest BCUT2D eigenvalue weighted by Crippen LogP contribution is -2.20. The van der Waals surface area contributed by atoms with Crippen molar-refractivity contribution in [3.8, 4) is 5.75 Å². The smallest absolute Gasteiger partial charge is 0.119 e. The minimum absolute atomic E-state index is 0.279. The second-order valence-electron chi connectivity index (χ2n) is 3.90. The molecule has 0 aliphatic carbocycles. The fraction of sp³-hybridized carbons (Fsp3) is 0.214. The number of rotatable bonds is 6. The van der Waals surface area contributed by atoms with Gasteiger partial charge in [0.1, 0.15) is 12.4 Å². The van der Waals surface area contributed by atoms with Crippen molar-refractivity contribution in [3.63, 3.8) is 0 Å². The molecule has 0 saturated heterocycles. The van der Waals surface area contributed by atoms with Crippen LogP contribution in [0.1, 0.15) is 0 Å². The van der Waals surface area contributed by atoms with Crippen LogP contribution in [0, 0.1) is 0 Å². The summed E-state index contributed by atoms with van der Waals surface area (Å²) in [6, 6.07) is 13.3. The SMILES string of the molecule is OC(COc1ccc(Br)cc1)CSc1ccccn1. The van der Waals surface area contributed by atoms with E-state index in [1.807, 2.05) is 42.5 Å². The quantitative estimate of drug-likeness (QED) is 0.819. The number of hydrogen-bond donors (Lipinski definition) is 1. The van der Waals surface area contributed by atoms with Gasteiger partial charge in [-0.15, -0.1) is 11.8 Å². The molecule has 0 aliphatic rings. The Kier molecular flexibility index (Phi) is 5.69. The number of aromatic nitrogens is 1. The first kappa shape index (κ1) is 14.4. The van der Waals surface area contributed by atoms with Crippen molar-refractivity contribution in [3.05, 3.63) is 53.1 Å². The molecule has 0 amide bonds. The summed E-state index contributed by atoms with van der Waals surface area (Å²) in [5.41, 5.74) is 0. The lowest BCUT2D eigenvalue weighted by atomic mass is 10.3. The van der Waals surface area contributed by atoms with E-state index in [1.54, 1.807) is 6.20 Å². The van der Waals surface area contributed by atoms with Crippen molar-refractivity contribution >= 4 is 27.7 Å². The molecule has 3 nitrogen and oxygen atoms in total. The van der Waals surface area contributed by atoms with Gasteiger partial charge in [0.25, 0.3) is 0 Å². The van der Waals surface area contributed by atoms with Crippen molar-refractivity contribution in [2.75, 3.05) is 12.4 Å². The van der Waals surface area contributed by atoms with Gasteiger partial charge in [0, 0.05) is 16.4 Å². The second kappa shape index (κ2) is 7.53. The van der Waals surface area contributed by atoms with Crippen LogP contribution in [0.15, 0.2) is 58.2 Å². The summed E-state index contributed by atoms with van der Waals surface area (Å²) in [7, 11) is 0. The van der Waals surface area contributed by atoms with E-state index in [2.05, 4.69) is 20.9 Å². The van der Waals surface area contributed by atoms with Crippen molar-refractivity contribution in [2.45, 2.75) is 11.1 Å². The molecule has 0 aliphatic heterocycles. The molecule has 1 atom stereocenters. The molecular formula is C14H14BrNO2S. The third kappa shape index (κ3) is 5.22. The van der Waals surface area contributed by atoms with Crippen molar-refractivity contribution in [1.29, 1.82) is 0 Å². The molecule has 19 heavy (non-hydrogen) atoms. The summed E-state index contributed by atoms with van der Waals surface area (Å²) in [6.07, 6.45) is 1.23. The van der Waals surface area contributed by atoms with E-state index in [1.165, 1.54) is 11.8 Å². The van der Waals surface area contributed by atoms with Gasteiger partial charge in [-0.2, -0.15) is 0 Å². The number of aliphatic hydroxyl groups excluding tert-OH is 1. The molecule has 100 valence electrons. The van der Waals surface area contributed by atoms with E-state index in [4.69, 9.17) is 4.74 Å². The van der Waals surface area contributed by atoms with Crippen LogP contribution in [-0.2, 0) is 0 Å². The maximum absolute atomic E-state index is 9.84. The largest absolute Gasteiger partial charge is 0.491 e. The van der Waals surface area contributed by atoms with E-state index < -0.39 is 6.10 Å². The van der Waals surface area contributed by atoms with Crippen LogP contribution < -0.4 is 4.74 Å². The van der Waals surface area contributed by atoms with E-state index in [9.17, 15) is 5.11 Å². The molecule has 1 unspecified atom stereocenters. The van der Waals surface area contributed by atoms with E-state index >= 15 is 0 Å². The van der Waals surface area contributed by atoms with Gasteiger partial charge in [-0.05, 0) is 36.4 Å². The summed E-state index contributed by atoms with van der Waals surface area (Å²) >= 11 is 4.88. The molecule has 1 N–H and O–H groups in total. The van der Waals surface area contributed by atoms with Gasteiger partial charge in [-0.3, -0.25) is 0 Å². The average Bonchev–Trinajstić information content (AvgIpc) is 2.45. The van der Waals surface area contributed by atoms with Gasteiger partial charge in [-0.25, -0.2) is 4.98 Å². The Hall–Kier alpha value is -1.04. The Balaban J connectivity index is 1.72. The van der Waals surface area contributed by atoms with Crippen molar-refractivity contribution < 1.29 is 9.84 Å². The van der Waals surface area contributed by atoms with Crippen LogP contribution in [0.4, 0.5) is 0 Å². The van der Waals surface area contributed by atoms with Gasteiger partial charge >= 0.3 is 0 Å². The zero-order valence-electron chi connectivity index (χ0n) is 10.2. The first-order valence-corrected chi connectivity index (χ1v) is 7.62. The fourth-order valence-electron chi connectivity index (χ4n) is 1.39. The molecule has 0 radical (unpaired) electrons. The van der Waals surface area contributed by atoms with Crippen molar-refractivity contribution in [2.24, 2.45) is 0 Å². The Morgan fingerprint density at radius 1 is 1.21 bits per heavy atom. The Morgan fingerprint density at radius 3 is 2.68 bits per heavy atom. The van der Waals surface area contributed by atoms with E-state index in [0.29, 0.717) is 5.75 Å². The normalized spacial score (nSPS) is 12.1. The Labute approximate surface area is 125 Å². The summed E-state index contributed by atoms with van der Waals surface area (Å²) < 4.78 is 6.51. The maximum atomic E-state index is 9.84. The highest BCUT2D eigenvalue weighted by molar-refractivity contribution is 9.10.